The van der Waals surface area contributed by atoms with Gasteiger partial charge in [0, 0.05) is 19.3 Å². The Kier molecular flexibility index (Phi) is 5.43. The second kappa shape index (κ2) is 6.64. The first-order valence-corrected chi connectivity index (χ1v) is 5.72. The highest BCUT2D eigenvalue weighted by molar-refractivity contribution is 6.32. The van der Waals surface area contributed by atoms with Gasteiger partial charge in [-0.1, -0.05) is 25.4 Å². The minimum atomic E-state index is 0.678. The van der Waals surface area contributed by atoms with Crippen LogP contribution in [0.15, 0.2) is 18.3 Å². The lowest BCUT2D eigenvalue weighted by molar-refractivity contribution is 0.316. The first-order chi connectivity index (χ1) is 7.27. The summed E-state index contributed by atoms with van der Waals surface area (Å²) in [5, 5.41) is 3.91. The Bertz CT molecular complexity index is 287. The summed E-state index contributed by atoms with van der Waals surface area (Å²) in [4.78, 5) is 6.52. The van der Waals surface area contributed by atoms with Crippen molar-refractivity contribution in [1.82, 2.24) is 9.88 Å². The van der Waals surface area contributed by atoms with Crippen molar-refractivity contribution in [2.45, 2.75) is 13.8 Å². The zero-order chi connectivity index (χ0) is 11.1. The number of likely N-dealkylation sites (N-methyl/N-ethyl adjacent to an activating group) is 1. The molecule has 0 aliphatic rings. The molecule has 0 amide bonds. The van der Waals surface area contributed by atoms with E-state index < -0.39 is 0 Å². The van der Waals surface area contributed by atoms with Crippen LogP contribution < -0.4 is 5.32 Å². The molecule has 0 aliphatic carbocycles. The number of nitrogens with zero attached hydrogens (tertiary/aromatic N) is 2. The maximum absolute atomic E-state index is 5.97. The predicted octanol–water partition coefficient (Wildman–Crippen LogP) is 2.49. The van der Waals surface area contributed by atoms with Crippen LogP contribution in [0.1, 0.15) is 13.8 Å². The summed E-state index contributed by atoms with van der Waals surface area (Å²) in [6.07, 6.45) is 1.74. The smallest absolute Gasteiger partial charge is 0.144 e. The molecular weight excluding hydrogens is 210 g/mol. The fourth-order valence-electron chi connectivity index (χ4n) is 1.39. The van der Waals surface area contributed by atoms with Crippen molar-refractivity contribution in [2.75, 3.05) is 31.5 Å². The van der Waals surface area contributed by atoms with Crippen LogP contribution in [-0.2, 0) is 0 Å². The summed E-state index contributed by atoms with van der Waals surface area (Å²) >= 11 is 5.97. The van der Waals surface area contributed by atoms with Crippen LogP contribution in [0.3, 0.4) is 0 Å². The Labute approximate surface area is 96.5 Å². The van der Waals surface area contributed by atoms with E-state index in [1.807, 2.05) is 12.1 Å². The van der Waals surface area contributed by atoms with Gasteiger partial charge in [-0.15, -0.1) is 0 Å². The monoisotopic (exact) mass is 227 g/mol. The molecule has 0 aliphatic heterocycles. The Morgan fingerprint density at radius 1 is 1.40 bits per heavy atom. The van der Waals surface area contributed by atoms with Crippen molar-refractivity contribution in [3.63, 3.8) is 0 Å². The van der Waals surface area contributed by atoms with Gasteiger partial charge in [0.05, 0.1) is 5.02 Å². The Balaban J connectivity index is 2.34. The van der Waals surface area contributed by atoms with Crippen molar-refractivity contribution in [2.24, 2.45) is 0 Å². The molecule has 1 heterocycles. The highest BCUT2D eigenvalue weighted by atomic mass is 35.5. The van der Waals surface area contributed by atoms with Gasteiger partial charge in [-0.05, 0) is 25.2 Å². The number of aromatic nitrogens is 1. The first-order valence-electron chi connectivity index (χ1n) is 5.34. The van der Waals surface area contributed by atoms with E-state index in [4.69, 9.17) is 11.6 Å². The van der Waals surface area contributed by atoms with Crippen molar-refractivity contribution in [1.29, 1.82) is 0 Å². The van der Waals surface area contributed by atoms with E-state index in [-0.39, 0.29) is 0 Å². The van der Waals surface area contributed by atoms with Gasteiger partial charge in [0.25, 0.3) is 0 Å². The third kappa shape index (κ3) is 4.06. The van der Waals surface area contributed by atoms with Gasteiger partial charge in [-0.25, -0.2) is 4.98 Å². The van der Waals surface area contributed by atoms with Gasteiger partial charge < -0.3 is 10.2 Å². The largest absolute Gasteiger partial charge is 0.368 e. The van der Waals surface area contributed by atoms with Crippen LogP contribution in [0.25, 0.3) is 0 Å². The van der Waals surface area contributed by atoms with Gasteiger partial charge in [0.1, 0.15) is 5.82 Å². The van der Waals surface area contributed by atoms with E-state index in [1.54, 1.807) is 6.20 Å². The number of rotatable bonds is 6. The molecule has 1 aromatic heterocycles. The standard InChI is InChI=1S/C11H18ClN3/c1-3-15(4-2)9-8-14-11-10(12)6-5-7-13-11/h5-7H,3-4,8-9H2,1-2H3,(H,13,14). The number of pyridine rings is 1. The Hall–Kier alpha value is -0.800. The summed E-state index contributed by atoms with van der Waals surface area (Å²) in [7, 11) is 0. The zero-order valence-corrected chi connectivity index (χ0v) is 10.1. The minimum Gasteiger partial charge on any atom is -0.368 e. The molecule has 15 heavy (non-hydrogen) atoms. The van der Waals surface area contributed by atoms with E-state index in [1.165, 1.54) is 0 Å². The molecule has 0 spiro atoms. The molecule has 0 bridgehead atoms. The molecule has 0 saturated heterocycles. The molecule has 4 heteroatoms. The van der Waals surface area contributed by atoms with Crippen LogP contribution in [-0.4, -0.2) is 36.1 Å². The van der Waals surface area contributed by atoms with Crippen LogP contribution in [0, 0.1) is 0 Å². The van der Waals surface area contributed by atoms with E-state index in [2.05, 4.69) is 29.0 Å². The molecule has 0 saturated carbocycles. The van der Waals surface area contributed by atoms with Gasteiger partial charge in [-0.2, -0.15) is 0 Å². The maximum Gasteiger partial charge on any atom is 0.144 e. The van der Waals surface area contributed by atoms with Gasteiger partial charge >= 0.3 is 0 Å². The third-order valence-corrected chi connectivity index (χ3v) is 2.68. The van der Waals surface area contributed by atoms with Crippen LogP contribution in [0.2, 0.25) is 5.02 Å². The lowest BCUT2D eigenvalue weighted by Crippen LogP contribution is -2.28. The molecule has 0 unspecified atom stereocenters. The average Bonchev–Trinajstić information content (AvgIpc) is 2.27. The number of hydrogen-bond acceptors (Lipinski definition) is 3. The maximum atomic E-state index is 5.97. The topological polar surface area (TPSA) is 28.2 Å². The zero-order valence-electron chi connectivity index (χ0n) is 9.33. The second-order valence-corrected chi connectivity index (χ2v) is 3.69. The van der Waals surface area contributed by atoms with E-state index >= 15 is 0 Å². The fraction of sp³-hybridized carbons (Fsp3) is 0.545. The highest BCUT2D eigenvalue weighted by Gasteiger charge is 2.01. The number of nitrogens with one attached hydrogen (secondary N) is 1. The summed E-state index contributed by atoms with van der Waals surface area (Å²) in [6, 6.07) is 3.67. The number of anilines is 1. The normalized spacial score (nSPS) is 10.7. The van der Waals surface area contributed by atoms with Crippen molar-refractivity contribution in [3.05, 3.63) is 23.4 Å². The van der Waals surface area contributed by atoms with E-state index in [9.17, 15) is 0 Å². The molecule has 1 aromatic rings. The van der Waals surface area contributed by atoms with Gasteiger partial charge in [0.2, 0.25) is 0 Å². The quantitative estimate of drug-likeness (QED) is 0.810. The van der Waals surface area contributed by atoms with Crippen molar-refractivity contribution in [3.8, 4) is 0 Å². The SMILES string of the molecule is CCN(CC)CCNc1ncccc1Cl. The highest BCUT2D eigenvalue weighted by Crippen LogP contribution is 2.16. The molecule has 0 aromatic carbocycles. The molecule has 1 N–H and O–H groups in total. The molecular formula is C11H18ClN3. The van der Waals surface area contributed by atoms with Crippen molar-refractivity contribution >= 4 is 17.4 Å². The Morgan fingerprint density at radius 3 is 2.73 bits per heavy atom. The minimum absolute atomic E-state index is 0.678. The summed E-state index contributed by atoms with van der Waals surface area (Å²) in [5.74, 6) is 0.770. The lowest BCUT2D eigenvalue weighted by Gasteiger charge is -2.18. The third-order valence-electron chi connectivity index (χ3n) is 2.37. The molecule has 0 radical (unpaired) electrons. The first kappa shape index (κ1) is 12.3. The van der Waals surface area contributed by atoms with E-state index in [0.717, 1.165) is 32.0 Å². The molecule has 0 fully saturated rings. The predicted molar refractivity (Wildman–Crippen MR) is 65.5 cm³/mol. The van der Waals surface area contributed by atoms with Gasteiger partial charge in [0.15, 0.2) is 0 Å². The Morgan fingerprint density at radius 2 is 2.13 bits per heavy atom. The van der Waals surface area contributed by atoms with Crippen LogP contribution in [0.4, 0.5) is 5.82 Å². The molecule has 3 nitrogen and oxygen atoms in total. The van der Waals surface area contributed by atoms with Gasteiger partial charge in [-0.3, -0.25) is 0 Å². The number of halogens is 1. The van der Waals surface area contributed by atoms with Crippen LogP contribution in [0.5, 0.6) is 0 Å². The molecule has 84 valence electrons. The second-order valence-electron chi connectivity index (χ2n) is 3.29. The van der Waals surface area contributed by atoms with Crippen molar-refractivity contribution < 1.29 is 0 Å². The average molecular weight is 228 g/mol. The number of hydrogen-bond donors (Lipinski definition) is 1. The van der Waals surface area contributed by atoms with E-state index in [0.29, 0.717) is 5.02 Å². The summed E-state index contributed by atoms with van der Waals surface area (Å²) in [5.41, 5.74) is 0. The summed E-state index contributed by atoms with van der Waals surface area (Å²) < 4.78 is 0. The lowest BCUT2D eigenvalue weighted by atomic mass is 10.4. The molecule has 1 rings (SSSR count). The fourth-order valence-corrected chi connectivity index (χ4v) is 1.58. The van der Waals surface area contributed by atoms with Crippen LogP contribution >= 0.6 is 11.6 Å². The molecule has 0 atom stereocenters. The summed E-state index contributed by atoms with van der Waals surface area (Å²) in [6.45, 7) is 8.37.